The van der Waals surface area contributed by atoms with Gasteiger partial charge in [-0.3, -0.25) is 9.79 Å². The predicted octanol–water partition coefficient (Wildman–Crippen LogP) is 2.41. The standard InChI is InChI=1S/C20H27N7O.HI/c1-21-20(23-13-18-26-25-17-9-3-2-6-10-27(17)18)22-12-14-11-19(28)24-16-8-5-4-7-15(14)16;/h4-5,7-8,14H,2-3,6,9-13H2,1H3,(H,24,28)(H2,21,22,23);1H. The molecule has 0 saturated carbocycles. The first-order valence-corrected chi connectivity index (χ1v) is 9.99. The Bertz CT molecular complexity index is 879. The van der Waals surface area contributed by atoms with Crippen molar-refractivity contribution in [3.63, 3.8) is 0 Å². The zero-order chi connectivity index (χ0) is 19.3. The monoisotopic (exact) mass is 509 g/mol. The second-order valence-corrected chi connectivity index (χ2v) is 7.34. The highest BCUT2D eigenvalue weighted by Crippen LogP contribution is 2.31. The van der Waals surface area contributed by atoms with Crippen LogP contribution in [0.15, 0.2) is 29.3 Å². The average Bonchev–Trinajstić information content (AvgIpc) is 2.94. The Morgan fingerprint density at radius 1 is 1.24 bits per heavy atom. The lowest BCUT2D eigenvalue weighted by Crippen LogP contribution is -2.40. The topological polar surface area (TPSA) is 96.2 Å². The quantitative estimate of drug-likeness (QED) is 0.334. The van der Waals surface area contributed by atoms with E-state index in [4.69, 9.17) is 0 Å². The summed E-state index contributed by atoms with van der Waals surface area (Å²) in [6.45, 7) is 2.20. The van der Waals surface area contributed by atoms with Crippen LogP contribution in [0, 0.1) is 0 Å². The summed E-state index contributed by atoms with van der Waals surface area (Å²) in [5, 5.41) is 18.3. The van der Waals surface area contributed by atoms with Gasteiger partial charge in [-0.25, -0.2) is 0 Å². The highest BCUT2D eigenvalue weighted by atomic mass is 127. The molecular weight excluding hydrogens is 481 g/mol. The number of guanidine groups is 1. The molecule has 2 aliphatic heterocycles. The van der Waals surface area contributed by atoms with Crippen LogP contribution in [-0.2, 0) is 24.3 Å². The van der Waals surface area contributed by atoms with Gasteiger partial charge in [-0.2, -0.15) is 0 Å². The van der Waals surface area contributed by atoms with E-state index in [1.165, 1.54) is 19.3 Å². The van der Waals surface area contributed by atoms with Gasteiger partial charge in [0.15, 0.2) is 11.8 Å². The number of hydrogen-bond acceptors (Lipinski definition) is 4. The number of aliphatic imine (C=N–C) groups is 1. The molecule has 2 aliphatic rings. The van der Waals surface area contributed by atoms with E-state index in [-0.39, 0.29) is 35.8 Å². The average molecular weight is 509 g/mol. The molecule has 2 aromatic rings. The van der Waals surface area contributed by atoms with Crippen LogP contribution in [0.3, 0.4) is 0 Å². The lowest BCUT2D eigenvalue weighted by Gasteiger charge is -2.26. The molecular formula is C20H28IN7O. The molecule has 156 valence electrons. The Labute approximate surface area is 188 Å². The first-order chi connectivity index (χ1) is 13.7. The van der Waals surface area contributed by atoms with Crippen LogP contribution >= 0.6 is 24.0 Å². The van der Waals surface area contributed by atoms with Crippen molar-refractivity contribution in [2.24, 2.45) is 4.99 Å². The maximum atomic E-state index is 12.0. The number of benzene rings is 1. The van der Waals surface area contributed by atoms with Gasteiger partial charge in [-0.15, -0.1) is 34.2 Å². The third kappa shape index (κ3) is 5.06. The van der Waals surface area contributed by atoms with Crippen molar-refractivity contribution in [1.29, 1.82) is 0 Å². The van der Waals surface area contributed by atoms with E-state index in [9.17, 15) is 4.79 Å². The van der Waals surface area contributed by atoms with Crippen LogP contribution in [0.1, 0.15) is 48.8 Å². The van der Waals surface area contributed by atoms with Gasteiger partial charge in [0, 0.05) is 44.6 Å². The smallest absolute Gasteiger partial charge is 0.225 e. The third-order valence-electron chi connectivity index (χ3n) is 5.45. The molecule has 0 spiro atoms. The van der Waals surface area contributed by atoms with Crippen molar-refractivity contribution in [2.75, 3.05) is 18.9 Å². The van der Waals surface area contributed by atoms with Crippen LogP contribution in [0.4, 0.5) is 5.69 Å². The Hall–Kier alpha value is -2.17. The van der Waals surface area contributed by atoms with Gasteiger partial charge < -0.3 is 20.5 Å². The lowest BCUT2D eigenvalue weighted by atomic mass is 9.90. The number of anilines is 1. The summed E-state index contributed by atoms with van der Waals surface area (Å²) in [5.41, 5.74) is 2.06. The molecule has 8 nitrogen and oxygen atoms in total. The SMILES string of the molecule is CN=C(NCc1nnc2n1CCCCC2)NCC1CC(=O)Nc2ccccc21.I. The summed E-state index contributed by atoms with van der Waals surface area (Å²) in [6, 6.07) is 7.97. The Kier molecular flexibility index (Phi) is 7.45. The molecule has 1 unspecified atom stereocenters. The van der Waals surface area contributed by atoms with Gasteiger partial charge in [0.2, 0.25) is 5.91 Å². The molecule has 1 aromatic carbocycles. The zero-order valence-electron chi connectivity index (χ0n) is 16.6. The number of amides is 1. The number of halogens is 1. The minimum atomic E-state index is 0. The Balaban J connectivity index is 0.00000240. The first-order valence-electron chi connectivity index (χ1n) is 9.99. The van der Waals surface area contributed by atoms with E-state index in [0.29, 0.717) is 25.5 Å². The minimum absolute atomic E-state index is 0. The zero-order valence-corrected chi connectivity index (χ0v) is 19.0. The molecule has 0 saturated heterocycles. The van der Waals surface area contributed by atoms with Crippen molar-refractivity contribution in [2.45, 2.75) is 51.1 Å². The number of fused-ring (bicyclic) bond motifs is 2. The summed E-state index contributed by atoms with van der Waals surface area (Å²) in [5.74, 6) is 2.91. The number of para-hydroxylation sites is 1. The molecule has 1 aromatic heterocycles. The number of aromatic nitrogens is 3. The van der Waals surface area contributed by atoms with Crippen LogP contribution in [0.25, 0.3) is 0 Å². The van der Waals surface area contributed by atoms with Crippen LogP contribution in [-0.4, -0.2) is 40.2 Å². The highest BCUT2D eigenvalue weighted by Gasteiger charge is 2.24. The van der Waals surface area contributed by atoms with Crippen molar-refractivity contribution in [3.8, 4) is 0 Å². The predicted molar refractivity (Wildman–Crippen MR) is 124 cm³/mol. The molecule has 1 amide bonds. The van der Waals surface area contributed by atoms with Crippen molar-refractivity contribution < 1.29 is 4.79 Å². The van der Waals surface area contributed by atoms with E-state index in [1.807, 2.05) is 18.2 Å². The van der Waals surface area contributed by atoms with Crippen molar-refractivity contribution in [1.82, 2.24) is 25.4 Å². The maximum absolute atomic E-state index is 12.0. The first kappa shape index (κ1) is 21.5. The normalized spacial score (nSPS) is 18.6. The van der Waals surface area contributed by atoms with Gasteiger partial charge in [0.1, 0.15) is 5.82 Å². The molecule has 0 radical (unpaired) electrons. The fourth-order valence-electron chi connectivity index (χ4n) is 3.96. The molecule has 1 atom stereocenters. The number of carbonyl (C=O) groups excluding carboxylic acids is 1. The summed E-state index contributed by atoms with van der Waals surface area (Å²) >= 11 is 0. The molecule has 0 bridgehead atoms. The third-order valence-corrected chi connectivity index (χ3v) is 5.45. The van der Waals surface area contributed by atoms with Gasteiger partial charge in [0.05, 0.1) is 6.54 Å². The largest absolute Gasteiger partial charge is 0.356 e. The van der Waals surface area contributed by atoms with E-state index in [0.717, 1.165) is 35.9 Å². The van der Waals surface area contributed by atoms with Crippen molar-refractivity contribution >= 4 is 41.5 Å². The maximum Gasteiger partial charge on any atom is 0.225 e. The summed E-state index contributed by atoms with van der Waals surface area (Å²) in [7, 11) is 1.75. The summed E-state index contributed by atoms with van der Waals surface area (Å²) in [6.07, 6.45) is 5.08. The van der Waals surface area contributed by atoms with E-state index < -0.39 is 0 Å². The molecule has 9 heteroatoms. The summed E-state index contributed by atoms with van der Waals surface area (Å²) in [4.78, 5) is 16.3. The number of nitrogens with zero attached hydrogens (tertiary/aromatic N) is 4. The molecule has 3 heterocycles. The number of carbonyl (C=O) groups is 1. The molecule has 4 rings (SSSR count). The highest BCUT2D eigenvalue weighted by molar-refractivity contribution is 14.0. The Morgan fingerprint density at radius 3 is 2.97 bits per heavy atom. The second-order valence-electron chi connectivity index (χ2n) is 7.34. The van der Waals surface area contributed by atoms with E-state index in [1.54, 1.807) is 7.05 Å². The van der Waals surface area contributed by atoms with Crippen molar-refractivity contribution in [3.05, 3.63) is 41.5 Å². The van der Waals surface area contributed by atoms with Gasteiger partial charge >= 0.3 is 0 Å². The van der Waals surface area contributed by atoms with E-state index in [2.05, 4.69) is 41.8 Å². The second kappa shape index (κ2) is 10.0. The number of nitrogens with one attached hydrogen (secondary N) is 3. The minimum Gasteiger partial charge on any atom is -0.356 e. The fourth-order valence-corrected chi connectivity index (χ4v) is 3.96. The van der Waals surface area contributed by atoms with Gasteiger partial charge in [-0.1, -0.05) is 24.6 Å². The Morgan fingerprint density at radius 2 is 2.10 bits per heavy atom. The summed E-state index contributed by atoms with van der Waals surface area (Å²) < 4.78 is 2.23. The molecule has 0 aliphatic carbocycles. The van der Waals surface area contributed by atoms with Gasteiger partial charge in [0.25, 0.3) is 0 Å². The number of hydrogen-bond donors (Lipinski definition) is 3. The van der Waals surface area contributed by atoms with Crippen LogP contribution in [0.5, 0.6) is 0 Å². The van der Waals surface area contributed by atoms with Crippen LogP contribution < -0.4 is 16.0 Å². The molecule has 29 heavy (non-hydrogen) atoms. The van der Waals surface area contributed by atoms with Gasteiger partial charge in [-0.05, 0) is 24.5 Å². The molecule has 0 fully saturated rings. The molecule has 3 N–H and O–H groups in total. The van der Waals surface area contributed by atoms with Crippen LogP contribution in [0.2, 0.25) is 0 Å². The number of rotatable bonds is 4. The van der Waals surface area contributed by atoms with E-state index >= 15 is 0 Å². The lowest BCUT2D eigenvalue weighted by molar-refractivity contribution is -0.116. The fraction of sp³-hybridized carbons (Fsp3) is 0.500. The number of aryl methyl sites for hydroxylation is 1.